The third-order valence-corrected chi connectivity index (χ3v) is 4.35. The summed E-state index contributed by atoms with van der Waals surface area (Å²) in [5.74, 6) is 0.851. The topological polar surface area (TPSA) is 23.5 Å². The van der Waals surface area contributed by atoms with E-state index in [1.54, 1.807) is 13.0 Å². The van der Waals surface area contributed by atoms with Gasteiger partial charge in [-0.15, -0.1) is 0 Å². The second-order valence-electron chi connectivity index (χ2n) is 6.06. The number of aliphatic hydroxyl groups excluding tert-OH is 1. The Balaban J connectivity index is 2.45. The van der Waals surface area contributed by atoms with Crippen LogP contribution in [-0.4, -0.2) is 17.7 Å². The van der Waals surface area contributed by atoms with Gasteiger partial charge in [0.2, 0.25) is 0 Å². The molecule has 19 heavy (non-hydrogen) atoms. The van der Waals surface area contributed by atoms with Crippen LogP contribution in [0.4, 0.5) is 10.1 Å². The number of halogens is 1. The minimum Gasteiger partial charge on any atom is -0.389 e. The minimum atomic E-state index is -0.648. The van der Waals surface area contributed by atoms with Crippen molar-refractivity contribution in [1.82, 2.24) is 0 Å². The molecule has 0 bridgehead atoms. The fraction of sp³-hybridized carbons (Fsp3) is 0.625. The monoisotopic (exact) mass is 265 g/mol. The van der Waals surface area contributed by atoms with Crippen molar-refractivity contribution in [2.24, 2.45) is 11.8 Å². The Labute approximate surface area is 115 Å². The van der Waals surface area contributed by atoms with Gasteiger partial charge < -0.3 is 10.0 Å². The van der Waals surface area contributed by atoms with Crippen LogP contribution in [0, 0.1) is 17.7 Å². The van der Waals surface area contributed by atoms with E-state index < -0.39 is 6.10 Å². The number of nitrogens with zero attached hydrogens (tertiary/aromatic N) is 1. The van der Waals surface area contributed by atoms with Crippen molar-refractivity contribution < 1.29 is 9.50 Å². The number of hydrogen-bond acceptors (Lipinski definition) is 2. The highest BCUT2D eigenvalue weighted by Gasteiger charge is 2.32. The van der Waals surface area contributed by atoms with Gasteiger partial charge in [0.05, 0.1) is 11.8 Å². The van der Waals surface area contributed by atoms with Crippen LogP contribution >= 0.6 is 0 Å². The highest BCUT2D eigenvalue weighted by Crippen LogP contribution is 2.36. The second kappa shape index (κ2) is 5.49. The summed E-state index contributed by atoms with van der Waals surface area (Å²) in [5, 5.41) is 9.88. The lowest BCUT2D eigenvalue weighted by atomic mass is 9.85. The van der Waals surface area contributed by atoms with Gasteiger partial charge in [0, 0.05) is 18.2 Å². The lowest BCUT2D eigenvalue weighted by Gasteiger charge is -2.43. The van der Waals surface area contributed by atoms with Crippen LogP contribution in [-0.2, 0) is 0 Å². The normalized spacial score (nSPS) is 29.4. The van der Waals surface area contributed by atoms with Crippen LogP contribution in [0.3, 0.4) is 0 Å². The first-order valence-electron chi connectivity index (χ1n) is 7.15. The van der Waals surface area contributed by atoms with E-state index in [1.807, 2.05) is 6.07 Å². The molecule has 3 unspecified atom stereocenters. The first-order valence-corrected chi connectivity index (χ1v) is 7.15. The molecule has 1 aromatic rings. The molecule has 1 aromatic carbocycles. The van der Waals surface area contributed by atoms with Crippen LogP contribution < -0.4 is 4.90 Å². The maximum Gasteiger partial charge on any atom is 0.146 e. The van der Waals surface area contributed by atoms with Gasteiger partial charge in [-0.1, -0.05) is 26.0 Å². The fourth-order valence-corrected chi connectivity index (χ4v) is 3.18. The van der Waals surface area contributed by atoms with Crippen LogP contribution in [0.1, 0.15) is 45.8 Å². The third-order valence-electron chi connectivity index (χ3n) is 4.35. The quantitative estimate of drug-likeness (QED) is 0.880. The highest BCUT2D eigenvalue weighted by atomic mass is 19.1. The van der Waals surface area contributed by atoms with Crippen molar-refractivity contribution >= 4 is 5.69 Å². The van der Waals surface area contributed by atoms with Crippen LogP contribution in [0.2, 0.25) is 0 Å². The molecule has 0 radical (unpaired) electrons. The van der Waals surface area contributed by atoms with E-state index in [4.69, 9.17) is 0 Å². The number of aliphatic hydroxyl groups is 1. The average Bonchev–Trinajstić information content (AvgIpc) is 2.33. The van der Waals surface area contributed by atoms with Gasteiger partial charge in [0.15, 0.2) is 0 Å². The molecule has 106 valence electrons. The first-order chi connectivity index (χ1) is 8.91. The smallest absolute Gasteiger partial charge is 0.146 e. The number of rotatable bonds is 2. The number of benzene rings is 1. The molecular formula is C16H24FNO. The summed E-state index contributed by atoms with van der Waals surface area (Å²) in [6.45, 7) is 9.12. The lowest BCUT2D eigenvalue weighted by molar-refractivity contribution is 0.198. The molecule has 1 heterocycles. The Morgan fingerprint density at radius 1 is 1.32 bits per heavy atom. The van der Waals surface area contributed by atoms with Crippen LogP contribution in [0.15, 0.2) is 18.2 Å². The number of anilines is 1. The third kappa shape index (κ3) is 2.76. The molecule has 0 saturated carbocycles. The largest absolute Gasteiger partial charge is 0.389 e. The molecule has 0 spiro atoms. The van der Waals surface area contributed by atoms with E-state index in [9.17, 15) is 9.50 Å². The lowest BCUT2D eigenvalue weighted by Crippen LogP contribution is -2.46. The summed E-state index contributed by atoms with van der Waals surface area (Å²) < 4.78 is 14.3. The van der Waals surface area contributed by atoms with Gasteiger partial charge in [-0.25, -0.2) is 4.39 Å². The summed E-state index contributed by atoms with van der Waals surface area (Å²) in [6, 6.07) is 5.27. The molecule has 3 heteroatoms. The van der Waals surface area contributed by atoms with Gasteiger partial charge in [0.25, 0.3) is 0 Å². The fourth-order valence-electron chi connectivity index (χ4n) is 3.18. The standard InChI is InChI=1S/C16H24FNO/c1-10-8-11(2)12(3)18(9-10)16-14(13(4)19)6-5-7-15(16)17/h5-7,10-13,19H,8-9H2,1-4H3/t10?,11?,12?,13-/m0/s1. The van der Waals surface area contributed by atoms with Gasteiger partial charge in [0.1, 0.15) is 5.82 Å². The van der Waals surface area contributed by atoms with E-state index in [0.29, 0.717) is 29.1 Å². The second-order valence-corrected chi connectivity index (χ2v) is 6.06. The summed E-state index contributed by atoms with van der Waals surface area (Å²) >= 11 is 0. The average molecular weight is 265 g/mol. The zero-order chi connectivity index (χ0) is 14.2. The zero-order valence-corrected chi connectivity index (χ0v) is 12.2. The maximum atomic E-state index is 14.3. The van der Waals surface area contributed by atoms with E-state index >= 15 is 0 Å². The minimum absolute atomic E-state index is 0.230. The van der Waals surface area contributed by atoms with Crippen molar-refractivity contribution in [3.8, 4) is 0 Å². The Hall–Kier alpha value is -1.09. The number of para-hydroxylation sites is 1. The zero-order valence-electron chi connectivity index (χ0n) is 12.2. The molecule has 2 nitrogen and oxygen atoms in total. The molecule has 1 saturated heterocycles. The molecule has 4 atom stereocenters. The van der Waals surface area contributed by atoms with Crippen molar-refractivity contribution in [2.45, 2.75) is 46.3 Å². The van der Waals surface area contributed by atoms with Crippen molar-refractivity contribution in [3.05, 3.63) is 29.6 Å². The predicted octanol–water partition coefficient (Wildman–Crippen LogP) is 3.75. The Bertz CT molecular complexity index is 446. The molecule has 1 fully saturated rings. The number of piperidine rings is 1. The predicted molar refractivity (Wildman–Crippen MR) is 76.8 cm³/mol. The molecule has 2 rings (SSSR count). The summed E-state index contributed by atoms with van der Waals surface area (Å²) in [7, 11) is 0. The SMILES string of the molecule is CC1CC(C)C(C)N(c2c(F)cccc2[C@H](C)O)C1. The van der Waals surface area contributed by atoms with Crippen LogP contribution in [0.25, 0.3) is 0 Å². The van der Waals surface area contributed by atoms with Crippen molar-refractivity contribution in [1.29, 1.82) is 0 Å². The Morgan fingerprint density at radius 3 is 2.63 bits per heavy atom. The molecule has 0 aliphatic carbocycles. The van der Waals surface area contributed by atoms with Gasteiger partial charge >= 0.3 is 0 Å². The van der Waals surface area contributed by atoms with E-state index in [-0.39, 0.29) is 5.82 Å². The van der Waals surface area contributed by atoms with Crippen molar-refractivity contribution in [3.63, 3.8) is 0 Å². The van der Waals surface area contributed by atoms with E-state index in [2.05, 4.69) is 25.7 Å². The Morgan fingerprint density at radius 2 is 2.00 bits per heavy atom. The molecule has 0 aromatic heterocycles. The molecule has 1 N–H and O–H groups in total. The van der Waals surface area contributed by atoms with Crippen molar-refractivity contribution in [2.75, 3.05) is 11.4 Å². The maximum absolute atomic E-state index is 14.3. The molecule has 0 amide bonds. The Kier molecular flexibility index (Phi) is 4.14. The molecule has 1 aliphatic heterocycles. The van der Waals surface area contributed by atoms with Crippen LogP contribution in [0.5, 0.6) is 0 Å². The van der Waals surface area contributed by atoms with E-state index in [1.165, 1.54) is 12.5 Å². The molecular weight excluding hydrogens is 241 g/mol. The highest BCUT2D eigenvalue weighted by molar-refractivity contribution is 5.57. The summed E-state index contributed by atoms with van der Waals surface area (Å²) in [4.78, 5) is 2.14. The van der Waals surface area contributed by atoms with Gasteiger partial charge in [-0.05, 0) is 38.2 Å². The number of hydrogen-bond donors (Lipinski definition) is 1. The summed E-state index contributed by atoms with van der Waals surface area (Å²) in [5.41, 5.74) is 1.27. The van der Waals surface area contributed by atoms with E-state index in [0.717, 1.165) is 6.54 Å². The van der Waals surface area contributed by atoms with Gasteiger partial charge in [-0.2, -0.15) is 0 Å². The van der Waals surface area contributed by atoms with Gasteiger partial charge in [-0.3, -0.25) is 0 Å². The first kappa shape index (κ1) is 14.3. The summed E-state index contributed by atoms with van der Waals surface area (Å²) in [6.07, 6.45) is 0.529. The molecule has 1 aliphatic rings.